The molecule has 6 heteroatoms. The molecule has 2 rings (SSSR count). The summed E-state index contributed by atoms with van der Waals surface area (Å²) in [6.07, 6.45) is 4.01. The van der Waals surface area contributed by atoms with E-state index in [2.05, 4.69) is 5.16 Å². The number of hydrogen-bond acceptors (Lipinski definition) is 3. The molecule has 17 heavy (non-hydrogen) atoms. The van der Waals surface area contributed by atoms with Crippen LogP contribution in [0.2, 0.25) is 0 Å². The molecule has 2 saturated heterocycles. The summed E-state index contributed by atoms with van der Waals surface area (Å²) in [5.41, 5.74) is 5.61. The summed E-state index contributed by atoms with van der Waals surface area (Å²) < 4.78 is 0. The van der Waals surface area contributed by atoms with Crippen LogP contribution in [0.5, 0.6) is 0 Å². The lowest BCUT2D eigenvalue weighted by Crippen LogP contribution is -2.49. The molecule has 3 N–H and O–H groups in total. The van der Waals surface area contributed by atoms with Gasteiger partial charge in [0.25, 0.3) is 0 Å². The van der Waals surface area contributed by atoms with Gasteiger partial charge >= 0.3 is 6.03 Å². The van der Waals surface area contributed by atoms with Gasteiger partial charge in [0, 0.05) is 32.1 Å². The van der Waals surface area contributed by atoms with Gasteiger partial charge in [-0.05, 0) is 25.7 Å². The summed E-state index contributed by atoms with van der Waals surface area (Å²) in [4.78, 5) is 15.9. The van der Waals surface area contributed by atoms with Crippen molar-refractivity contribution in [3.8, 4) is 0 Å². The minimum absolute atomic E-state index is 0.000281. The van der Waals surface area contributed by atoms with E-state index in [1.807, 2.05) is 9.80 Å². The zero-order valence-electron chi connectivity index (χ0n) is 10.0. The van der Waals surface area contributed by atoms with Crippen molar-refractivity contribution in [1.82, 2.24) is 9.80 Å². The Labute approximate surface area is 101 Å². The van der Waals surface area contributed by atoms with E-state index in [4.69, 9.17) is 10.9 Å². The number of carbonyl (C=O) groups is 1. The van der Waals surface area contributed by atoms with E-state index in [0.29, 0.717) is 6.54 Å². The van der Waals surface area contributed by atoms with Crippen molar-refractivity contribution in [1.29, 1.82) is 0 Å². The number of amidine groups is 1. The molecule has 0 radical (unpaired) electrons. The van der Waals surface area contributed by atoms with Crippen LogP contribution in [0.25, 0.3) is 0 Å². The molecule has 2 aliphatic rings. The van der Waals surface area contributed by atoms with Crippen LogP contribution in [0.15, 0.2) is 5.16 Å². The van der Waals surface area contributed by atoms with Gasteiger partial charge in [-0.1, -0.05) is 5.16 Å². The minimum atomic E-state index is 0.000281. The van der Waals surface area contributed by atoms with E-state index in [1.54, 1.807) is 0 Å². The summed E-state index contributed by atoms with van der Waals surface area (Å²) in [6, 6.07) is 0.109. The zero-order valence-corrected chi connectivity index (χ0v) is 10.0. The van der Waals surface area contributed by atoms with Gasteiger partial charge in [0.2, 0.25) is 0 Å². The lowest BCUT2D eigenvalue weighted by Gasteiger charge is -2.34. The van der Waals surface area contributed by atoms with Crippen molar-refractivity contribution >= 4 is 11.9 Å². The molecule has 0 aromatic rings. The number of carbonyl (C=O) groups excluding carboxylic acids is 1. The van der Waals surface area contributed by atoms with Gasteiger partial charge in [0.1, 0.15) is 5.84 Å². The second-order valence-electron chi connectivity index (χ2n) is 4.79. The SMILES string of the molecule is NC(=NO)C1CCCN(C(=O)N2CCCC2)C1. The number of hydrogen-bond donors (Lipinski definition) is 2. The Morgan fingerprint density at radius 1 is 1.18 bits per heavy atom. The Balaban J connectivity index is 1.94. The van der Waals surface area contributed by atoms with Crippen molar-refractivity contribution in [2.24, 2.45) is 16.8 Å². The van der Waals surface area contributed by atoms with E-state index in [9.17, 15) is 4.79 Å². The first-order valence-corrected chi connectivity index (χ1v) is 6.23. The number of rotatable bonds is 1. The second-order valence-corrected chi connectivity index (χ2v) is 4.79. The topological polar surface area (TPSA) is 82.2 Å². The Hall–Kier alpha value is -1.46. The van der Waals surface area contributed by atoms with Crippen molar-refractivity contribution < 1.29 is 10.0 Å². The number of nitrogens with zero attached hydrogens (tertiary/aromatic N) is 3. The fraction of sp³-hybridized carbons (Fsp3) is 0.818. The maximum atomic E-state index is 12.2. The average Bonchev–Trinajstić information content (AvgIpc) is 2.91. The van der Waals surface area contributed by atoms with Crippen LogP contribution in [-0.4, -0.2) is 53.1 Å². The summed E-state index contributed by atoms with van der Waals surface area (Å²) in [5, 5.41) is 11.7. The largest absolute Gasteiger partial charge is 0.409 e. The summed E-state index contributed by atoms with van der Waals surface area (Å²) in [7, 11) is 0. The van der Waals surface area contributed by atoms with Gasteiger partial charge in [0.15, 0.2) is 0 Å². The second kappa shape index (κ2) is 5.25. The fourth-order valence-electron chi connectivity index (χ4n) is 2.58. The first kappa shape index (κ1) is 12.0. The third-order valence-electron chi connectivity index (χ3n) is 3.60. The Bertz CT molecular complexity index is 313. The number of oxime groups is 1. The normalized spacial score (nSPS) is 26.4. The third-order valence-corrected chi connectivity index (χ3v) is 3.60. The molecule has 1 unspecified atom stereocenters. The molecule has 6 nitrogen and oxygen atoms in total. The maximum Gasteiger partial charge on any atom is 0.320 e. The number of urea groups is 1. The molecule has 2 heterocycles. The lowest BCUT2D eigenvalue weighted by atomic mass is 9.97. The van der Waals surface area contributed by atoms with Crippen LogP contribution in [0, 0.1) is 5.92 Å². The van der Waals surface area contributed by atoms with Crippen molar-refractivity contribution in [2.45, 2.75) is 25.7 Å². The van der Waals surface area contributed by atoms with Gasteiger partial charge < -0.3 is 20.7 Å². The number of amides is 2. The molecule has 0 aliphatic carbocycles. The third kappa shape index (κ3) is 2.62. The predicted molar refractivity (Wildman–Crippen MR) is 63.9 cm³/mol. The lowest BCUT2D eigenvalue weighted by molar-refractivity contribution is 0.145. The van der Waals surface area contributed by atoms with Gasteiger partial charge in [-0.2, -0.15) is 0 Å². The smallest absolute Gasteiger partial charge is 0.320 e. The highest BCUT2D eigenvalue weighted by atomic mass is 16.4. The molecule has 0 saturated carbocycles. The molecule has 2 aliphatic heterocycles. The molecular formula is C11H20N4O2. The van der Waals surface area contributed by atoms with Gasteiger partial charge in [-0.15, -0.1) is 0 Å². The number of likely N-dealkylation sites (tertiary alicyclic amines) is 2. The number of piperidine rings is 1. The first-order valence-electron chi connectivity index (χ1n) is 6.23. The quantitative estimate of drug-likeness (QED) is 0.306. The first-order chi connectivity index (χ1) is 8.22. The number of nitrogens with two attached hydrogens (primary N) is 1. The van der Waals surface area contributed by atoms with E-state index < -0.39 is 0 Å². The van der Waals surface area contributed by atoms with E-state index >= 15 is 0 Å². The van der Waals surface area contributed by atoms with Crippen LogP contribution in [0.3, 0.4) is 0 Å². The molecule has 96 valence electrons. The average molecular weight is 240 g/mol. The van der Waals surface area contributed by atoms with E-state index in [1.165, 1.54) is 0 Å². The minimum Gasteiger partial charge on any atom is -0.409 e. The van der Waals surface area contributed by atoms with Crippen LogP contribution in [0.4, 0.5) is 4.79 Å². The van der Waals surface area contributed by atoms with Gasteiger partial charge in [-0.25, -0.2) is 4.79 Å². The van der Waals surface area contributed by atoms with Crippen LogP contribution in [-0.2, 0) is 0 Å². The monoisotopic (exact) mass is 240 g/mol. The molecular weight excluding hydrogens is 220 g/mol. The molecule has 2 fully saturated rings. The molecule has 1 atom stereocenters. The summed E-state index contributed by atoms with van der Waals surface area (Å²) in [5.74, 6) is 0.240. The predicted octanol–water partition coefficient (Wildman–Crippen LogP) is 0.661. The van der Waals surface area contributed by atoms with Crippen LogP contribution < -0.4 is 5.73 Å². The van der Waals surface area contributed by atoms with Crippen molar-refractivity contribution in [2.75, 3.05) is 26.2 Å². The molecule has 0 bridgehead atoms. The zero-order chi connectivity index (χ0) is 12.3. The fourth-order valence-corrected chi connectivity index (χ4v) is 2.58. The highest BCUT2D eigenvalue weighted by molar-refractivity contribution is 5.83. The summed E-state index contributed by atoms with van der Waals surface area (Å²) >= 11 is 0. The highest BCUT2D eigenvalue weighted by Gasteiger charge is 2.29. The van der Waals surface area contributed by atoms with Crippen molar-refractivity contribution in [3.05, 3.63) is 0 Å². The molecule has 2 amide bonds. The highest BCUT2D eigenvalue weighted by Crippen LogP contribution is 2.19. The van der Waals surface area contributed by atoms with E-state index in [-0.39, 0.29) is 17.8 Å². The van der Waals surface area contributed by atoms with E-state index in [0.717, 1.165) is 45.3 Å². The van der Waals surface area contributed by atoms with Gasteiger partial charge in [0.05, 0.1) is 0 Å². The Kier molecular flexibility index (Phi) is 3.71. The maximum absolute atomic E-state index is 12.2. The standard InChI is InChI=1S/C11H20N4O2/c12-10(13-17)9-4-3-7-15(8-9)11(16)14-5-1-2-6-14/h9,17H,1-8H2,(H2,12,13). The van der Waals surface area contributed by atoms with Gasteiger partial charge in [-0.3, -0.25) is 0 Å². The van der Waals surface area contributed by atoms with Crippen LogP contribution in [0.1, 0.15) is 25.7 Å². The molecule has 0 aromatic heterocycles. The summed E-state index contributed by atoms with van der Waals surface area (Å²) in [6.45, 7) is 3.09. The molecule has 0 aromatic carbocycles. The Morgan fingerprint density at radius 2 is 1.82 bits per heavy atom. The van der Waals surface area contributed by atoms with Crippen LogP contribution >= 0.6 is 0 Å². The van der Waals surface area contributed by atoms with Crippen molar-refractivity contribution in [3.63, 3.8) is 0 Å². The molecule has 0 spiro atoms. The Morgan fingerprint density at radius 3 is 2.47 bits per heavy atom.